The monoisotopic (exact) mass is 277 g/mol. The number of halogens is 3. The third-order valence-electron chi connectivity index (χ3n) is 2.97. The molecular formula is C12H14F3NOS. The number of ether oxygens (including phenoxy) is 1. The lowest BCUT2D eigenvalue weighted by Gasteiger charge is -2.31. The van der Waals surface area contributed by atoms with Gasteiger partial charge in [-0.15, -0.1) is 13.2 Å². The van der Waals surface area contributed by atoms with Crippen molar-refractivity contribution in [1.82, 2.24) is 5.32 Å². The molecule has 0 bridgehead atoms. The van der Waals surface area contributed by atoms with Crippen LogP contribution in [0.5, 0.6) is 5.75 Å². The summed E-state index contributed by atoms with van der Waals surface area (Å²) < 4.78 is 40.5. The van der Waals surface area contributed by atoms with Gasteiger partial charge < -0.3 is 10.1 Å². The number of alkyl halides is 3. The molecule has 2 atom stereocenters. The Hall–Kier alpha value is -0.880. The van der Waals surface area contributed by atoms with Crippen molar-refractivity contribution in [1.29, 1.82) is 0 Å². The number of hydrogen-bond donors (Lipinski definition) is 1. The zero-order valence-corrected chi connectivity index (χ0v) is 10.9. The number of fused-ring (bicyclic) bond motifs is 1. The summed E-state index contributed by atoms with van der Waals surface area (Å²) in [6.07, 6.45) is -4.64. The van der Waals surface area contributed by atoms with Crippen molar-refractivity contribution >= 4 is 11.8 Å². The summed E-state index contributed by atoms with van der Waals surface area (Å²) in [5, 5.41) is 3.47. The number of nitrogens with one attached hydrogen (secondary N) is 1. The lowest BCUT2D eigenvalue weighted by atomic mass is 9.98. The van der Waals surface area contributed by atoms with Crippen LogP contribution in [0.3, 0.4) is 0 Å². The normalized spacial score (nSPS) is 23.6. The van der Waals surface area contributed by atoms with Gasteiger partial charge in [-0.3, -0.25) is 0 Å². The van der Waals surface area contributed by atoms with Gasteiger partial charge in [-0.2, -0.15) is 11.8 Å². The average Bonchev–Trinajstić information content (AvgIpc) is 2.26. The molecule has 2 unspecified atom stereocenters. The lowest BCUT2D eigenvalue weighted by Crippen LogP contribution is -2.29. The highest BCUT2D eigenvalue weighted by Crippen LogP contribution is 2.39. The van der Waals surface area contributed by atoms with E-state index < -0.39 is 6.36 Å². The van der Waals surface area contributed by atoms with Crippen LogP contribution in [0.2, 0.25) is 0 Å². The zero-order chi connectivity index (χ0) is 13.3. The minimum Gasteiger partial charge on any atom is -0.406 e. The van der Waals surface area contributed by atoms with Gasteiger partial charge in [-0.05, 0) is 30.3 Å². The molecule has 100 valence electrons. The largest absolute Gasteiger partial charge is 0.573 e. The van der Waals surface area contributed by atoms with Crippen LogP contribution in [-0.4, -0.2) is 18.7 Å². The Morgan fingerprint density at radius 3 is 2.72 bits per heavy atom. The summed E-state index contributed by atoms with van der Waals surface area (Å²) in [5.41, 5.74) is 1.96. The van der Waals surface area contributed by atoms with Crippen LogP contribution in [0.15, 0.2) is 18.2 Å². The molecule has 1 N–H and O–H groups in total. The van der Waals surface area contributed by atoms with Gasteiger partial charge in [0, 0.05) is 17.0 Å². The van der Waals surface area contributed by atoms with Gasteiger partial charge >= 0.3 is 6.36 Å². The first-order valence-electron chi connectivity index (χ1n) is 5.58. The van der Waals surface area contributed by atoms with E-state index in [1.54, 1.807) is 17.8 Å². The van der Waals surface area contributed by atoms with Gasteiger partial charge in [0.1, 0.15) is 5.75 Å². The summed E-state index contributed by atoms with van der Waals surface area (Å²) in [5.74, 6) is 0.668. The molecule has 2 nitrogen and oxygen atoms in total. The van der Waals surface area contributed by atoms with E-state index in [4.69, 9.17) is 0 Å². The summed E-state index contributed by atoms with van der Waals surface area (Å²) in [6.45, 7) is 2.06. The summed E-state index contributed by atoms with van der Waals surface area (Å²) in [7, 11) is 1.81. The average molecular weight is 277 g/mol. The molecule has 18 heavy (non-hydrogen) atoms. The highest BCUT2D eigenvalue weighted by Gasteiger charge is 2.32. The molecule has 1 aromatic carbocycles. The first kappa shape index (κ1) is 13.5. The first-order valence-corrected chi connectivity index (χ1v) is 6.63. The molecule has 0 fully saturated rings. The maximum atomic E-state index is 12.2. The van der Waals surface area contributed by atoms with Crippen LogP contribution < -0.4 is 10.1 Å². The van der Waals surface area contributed by atoms with Crippen molar-refractivity contribution in [2.45, 2.75) is 30.3 Å². The summed E-state index contributed by atoms with van der Waals surface area (Å²) in [6, 6.07) is 4.62. The van der Waals surface area contributed by atoms with Gasteiger partial charge in [-0.1, -0.05) is 13.0 Å². The molecule has 0 aromatic heterocycles. The molecule has 0 spiro atoms. The zero-order valence-electron chi connectivity index (χ0n) is 10.0. The van der Waals surface area contributed by atoms with E-state index in [-0.39, 0.29) is 11.8 Å². The van der Waals surface area contributed by atoms with Crippen molar-refractivity contribution in [2.75, 3.05) is 7.05 Å². The van der Waals surface area contributed by atoms with E-state index in [9.17, 15) is 13.2 Å². The van der Waals surface area contributed by atoms with E-state index in [0.717, 1.165) is 16.9 Å². The topological polar surface area (TPSA) is 21.3 Å². The fraction of sp³-hybridized carbons (Fsp3) is 0.500. The molecule has 1 heterocycles. The van der Waals surface area contributed by atoms with Crippen LogP contribution in [0.1, 0.15) is 24.1 Å². The molecule has 6 heteroatoms. The first-order chi connectivity index (χ1) is 8.40. The molecule has 0 radical (unpaired) electrons. The molecule has 0 saturated heterocycles. The Labute approximate surface area is 108 Å². The molecular weight excluding hydrogens is 263 g/mol. The minimum absolute atomic E-state index is 0.0514. The third-order valence-corrected chi connectivity index (χ3v) is 4.24. The van der Waals surface area contributed by atoms with Gasteiger partial charge in [0.05, 0.1) is 0 Å². The van der Waals surface area contributed by atoms with Gasteiger partial charge in [0.15, 0.2) is 0 Å². The lowest BCUT2D eigenvalue weighted by molar-refractivity contribution is -0.274. The molecule has 1 aliphatic rings. The highest BCUT2D eigenvalue weighted by atomic mass is 32.2. The maximum absolute atomic E-state index is 12.2. The molecule has 0 saturated carbocycles. The van der Waals surface area contributed by atoms with Crippen LogP contribution in [0, 0.1) is 0 Å². The fourth-order valence-electron chi connectivity index (χ4n) is 2.15. The second-order valence-corrected chi connectivity index (χ2v) is 5.56. The predicted molar refractivity (Wildman–Crippen MR) is 65.7 cm³/mol. The molecule has 1 aliphatic heterocycles. The van der Waals surface area contributed by atoms with Crippen molar-refractivity contribution in [2.24, 2.45) is 0 Å². The van der Waals surface area contributed by atoms with E-state index in [2.05, 4.69) is 17.0 Å². The van der Waals surface area contributed by atoms with Crippen molar-refractivity contribution in [3.63, 3.8) is 0 Å². The van der Waals surface area contributed by atoms with E-state index >= 15 is 0 Å². The van der Waals surface area contributed by atoms with E-state index in [0.29, 0.717) is 5.25 Å². The maximum Gasteiger partial charge on any atom is 0.573 e. The van der Waals surface area contributed by atoms with Crippen molar-refractivity contribution in [3.05, 3.63) is 29.3 Å². The highest BCUT2D eigenvalue weighted by molar-refractivity contribution is 7.99. The Bertz CT molecular complexity index is 436. The van der Waals surface area contributed by atoms with Crippen molar-refractivity contribution < 1.29 is 17.9 Å². The van der Waals surface area contributed by atoms with Crippen LogP contribution in [0.25, 0.3) is 0 Å². The number of rotatable bonds is 2. The molecule has 0 amide bonds. The SMILES string of the molecule is CNC1c2cc(OC(F)(F)F)ccc2CSC1C. The number of hydrogen-bond acceptors (Lipinski definition) is 3. The fourth-order valence-corrected chi connectivity index (χ4v) is 3.33. The molecule has 1 aromatic rings. The van der Waals surface area contributed by atoms with Gasteiger partial charge in [0.25, 0.3) is 0 Å². The number of benzene rings is 1. The minimum atomic E-state index is -4.64. The summed E-state index contributed by atoms with van der Waals surface area (Å²) in [4.78, 5) is 0. The van der Waals surface area contributed by atoms with Crippen molar-refractivity contribution in [3.8, 4) is 5.75 Å². The molecule has 0 aliphatic carbocycles. The Morgan fingerprint density at radius 2 is 2.11 bits per heavy atom. The second-order valence-electron chi connectivity index (χ2n) is 4.19. The Kier molecular flexibility index (Phi) is 3.77. The predicted octanol–water partition coefficient (Wildman–Crippen LogP) is 3.48. The van der Waals surface area contributed by atoms with Crippen LogP contribution in [0.4, 0.5) is 13.2 Å². The standard InChI is InChI=1S/C12H14F3NOS/c1-7-11(16-2)10-5-9(17-12(13,14)15)4-3-8(10)6-18-7/h3-5,7,11,16H,6H2,1-2H3. The Morgan fingerprint density at radius 1 is 1.39 bits per heavy atom. The third kappa shape index (κ3) is 2.92. The van der Waals surface area contributed by atoms with Gasteiger partial charge in [-0.25, -0.2) is 0 Å². The Balaban J connectivity index is 2.32. The van der Waals surface area contributed by atoms with Gasteiger partial charge in [0.2, 0.25) is 0 Å². The smallest absolute Gasteiger partial charge is 0.406 e. The van der Waals surface area contributed by atoms with Crippen LogP contribution in [-0.2, 0) is 5.75 Å². The quantitative estimate of drug-likeness (QED) is 0.894. The van der Waals surface area contributed by atoms with E-state index in [1.165, 1.54) is 12.1 Å². The van der Waals surface area contributed by atoms with Crippen LogP contribution >= 0.6 is 11.8 Å². The second kappa shape index (κ2) is 5.01. The van der Waals surface area contributed by atoms with E-state index in [1.807, 2.05) is 7.05 Å². The number of thioether (sulfide) groups is 1. The molecule has 2 rings (SSSR count). The summed E-state index contributed by atoms with van der Waals surface area (Å²) >= 11 is 1.79.